The number of pyridine rings is 2. The molecule has 5 rings (SSSR count). The van der Waals surface area contributed by atoms with Crippen LogP contribution in [0.4, 0.5) is 11.4 Å². The number of carbonyl (C=O) groups is 1. The van der Waals surface area contributed by atoms with Gasteiger partial charge in [0.15, 0.2) is 5.11 Å². The highest BCUT2D eigenvalue weighted by Crippen LogP contribution is 2.44. The van der Waals surface area contributed by atoms with E-state index in [0.717, 1.165) is 34.2 Å². The van der Waals surface area contributed by atoms with E-state index in [1.165, 1.54) is 7.11 Å². The molecule has 0 spiro atoms. The van der Waals surface area contributed by atoms with Crippen molar-refractivity contribution in [1.82, 2.24) is 19.9 Å². The maximum atomic E-state index is 12.0. The number of carbonyl (C=O) groups excluding carboxylic acids is 1. The first kappa shape index (κ1) is 25.8. The molecule has 2 atom stereocenters. The lowest BCUT2D eigenvalue weighted by molar-refractivity contribution is -0.119. The summed E-state index contributed by atoms with van der Waals surface area (Å²) in [4.78, 5) is 23.3. The van der Waals surface area contributed by atoms with Crippen molar-refractivity contribution in [3.63, 3.8) is 0 Å². The molecule has 4 heterocycles. The normalized spacial score (nSPS) is 16.9. The minimum absolute atomic E-state index is 0.0576. The molecular formula is C28H27ClN6O2S. The van der Waals surface area contributed by atoms with Crippen molar-refractivity contribution in [2.24, 2.45) is 0 Å². The Labute approximate surface area is 231 Å². The largest absolute Gasteiger partial charge is 0.375 e. The first-order valence-electron chi connectivity index (χ1n) is 12.1. The van der Waals surface area contributed by atoms with E-state index in [1.54, 1.807) is 18.5 Å². The first-order valence-corrected chi connectivity index (χ1v) is 12.9. The van der Waals surface area contributed by atoms with Crippen molar-refractivity contribution in [3.8, 4) is 5.82 Å². The zero-order chi connectivity index (χ0) is 26.8. The minimum Gasteiger partial charge on any atom is -0.375 e. The van der Waals surface area contributed by atoms with Crippen molar-refractivity contribution >= 4 is 46.2 Å². The Kier molecular flexibility index (Phi) is 7.42. The van der Waals surface area contributed by atoms with E-state index in [1.807, 2.05) is 48.5 Å². The Balaban J connectivity index is 1.60. The van der Waals surface area contributed by atoms with E-state index in [2.05, 4.69) is 50.0 Å². The molecule has 0 saturated carbocycles. The molecule has 10 heteroatoms. The molecular weight excluding hydrogens is 520 g/mol. The number of aryl methyl sites for hydroxylation is 1. The molecule has 0 unspecified atom stereocenters. The van der Waals surface area contributed by atoms with Crippen LogP contribution in [0.5, 0.6) is 0 Å². The van der Waals surface area contributed by atoms with Crippen LogP contribution in [0.3, 0.4) is 0 Å². The van der Waals surface area contributed by atoms with Gasteiger partial charge < -0.3 is 24.8 Å². The van der Waals surface area contributed by atoms with Crippen molar-refractivity contribution < 1.29 is 9.53 Å². The molecule has 1 amide bonds. The van der Waals surface area contributed by atoms with Gasteiger partial charge in [-0.1, -0.05) is 23.7 Å². The number of hydrogen-bond donors (Lipinski definition) is 2. The molecule has 38 heavy (non-hydrogen) atoms. The minimum atomic E-state index is -0.282. The van der Waals surface area contributed by atoms with Crippen molar-refractivity contribution in [3.05, 3.63) is 101 Å². The van der Waals surface area contributed by atoms with Crippen LogP contribution in [0, 0.1) is 13.8 Å². The highest BCUT2D eigenvalue weighted by atomic mass is 35.5. The number of hydrogen-bond acceptors (Lipinski definition) is 5. The van der Waals surface area contributed by atoms with E-state index in [4.69, 9.17) is 28.6 Å². The number of thiocarbonyl (C=S) groups is 1. The summed E-state index contributed by atoms with van der Waals surface area (Å²) in [5.41, 5.74) is 5.37. The standard InChI is InChI=1S/C28H27ClN6O2S/c1-17-14-20(18(2)34(17)24-9-5-7-13-31-24)27-26(23-8-4-6-12-30-23)33-28(38)35(27)19-10-11-22(21(29)15-19)32-25(36)16-37-3/h4-15,26-27H,16H2,1-3H3,(H,32,36)(H,33,38)/t26-,27+/m0/s1. The number of methoxy groups -OCH3 is 1. The number of nitrogens with one attached hydrogen (secondary N) is 2. The number of rotatable bonds is 7. The van der Waals surface area contributed by atoms with Crippen LogP contribution in [0.2, 0.25) is 5.02 Å². The lowest BCUT2D eigenvalue weighted by atomic mass is 9.96. The fraction of sp³-hybridized carbons (Fsp3) is 0.214. The smallest absolute Gasteiger partial charge is 0.250 e. The SMILES string of the molecule is COCC(=O)Nc1ccc(N2C(=S)N[C@@H](c3ccccn3)[C@H]2c2cc(C)n(-c3ccccn3)c2C)cc1Cl. The molecule has 0 aliphatic carbocycles. The molecule has 3 aromatic heterocycles. The fourth-order valence-corrected chi connectivity index (χ4v) is 5.52. The van der Waals surface area contributed by atoms with Gasteiger partial charge in [0, 0.05) is 36.6 Å². The van der Waals surface area contributed by atoms with Crippen LogP contribution < -0.4 is 15.5 Å². The second-order valence-electron chi connectivity index (χ2n) is 8.99. The van der Waals surface area contributed by atoms with E-state index >= 15 is 0 Å². The molecule has 0 bridgehead atoms. The third-order valence-corrected chi connectivity index (χ3v) is 7.17. The average molecular weight is 547 g/mol. The highest BCUT2D eigenvalue weighted by Gasteiger charge is 2.42. The van der Waals surface area contributed by atoms with Gasteiger partial charge in [-0.25, -0.2) is 4.98 Å². The van der Waals surface area contributed by atoms with Crippen LogP contribution in [0.15, 0.2) is 73.1 Å². The number of aromatic nitrogens is 3. The van der Waals surface area contributed by atoms with Gasteiger partial charge >= 0.3 is 0 Å². The lowest BCUT2D eigenvalue weighted by Gasteiger charge is -2.28. The van der Waals surface area contributed by atoms with Gasteiger partial charge in [-0.05, 0) is 80.2 Å². The summed E-state index contributed by atoms with van der Waals surface area (Å²) in [6, 6.07) is 19.0. The molecule has 0 radical (unpaired) electrons. The quantitative estimate of drug-likeness (QED) is 0.304. The second kappa shape index (κ2) is 10.9. The molecule has 1 fully saturated rings. The summed E-state index contributed by atoms with van der Waals surface area (Å²) in [5.74, 6) is 0.568. The number of amides is 1. The van der Waals surface area contributed by atoms with Gasteiger partial charge in [-0.2, -0.15) is 0 Å². The molecule has 4 aromatic rings. The van der Waals surface area contributed by atoms with Crippen LogP contribution in [0.1, 0.15) is 34.7 Å². The first-order chi connectivity index (χ1) is 18.4. The van der Waals surface area contributed by atoms with E-state index in [9.17, 15) is 4.79 Å². The van der Waals surface area contributed by atoms with Gasteiger partial charge in [0.25, 0.3) is 0 Å². The Bertz CT molecular complexity index is 1480. The zero-order valence-corrected chi connectivity index (χ0v) is 22.8. The predicted octanol–water partition coefficient (Wildman–Crippen LogP) is 5.30. The number of benzene rings is 1. The van der Waals surface area contributed by atoms with E-state index in [-0.39, 0.29) is 24.6 Å². The summed E-state index contributed by atoms with van der Waals surface area (Å²) >= 11 is 12.5. The monoisotopic (exact) mass is 546 g/mol. The highest BCUT2D eigenvalue weighted by molar-refractivity contribution is 7.80. The Hall–Kier alpha value is -3.79. The summed E-state index contributed by atoms with van der Waals surface area (Å²) in [7, 11) is 1.47. The summed E-state index contributed by atoms with van der Waals surface area (Å²) in [6.07, 6.45) is 3.57. The van der Waals surface area contributed by atoms with Crippen molar-refractivity contribution in [2.75, 3.05) is 23.9 Å². The Morgan fingerprint density at radius 1 is 1.11 bits per heavy atom. The van der Waals surface area contributed by atoms with Gasteiger partial charge in [-0.15, -0.1) is 0 Å². The number of nitrogens with zero attached hydrogens (tertiary/aromatic N) is 4. The summed E-state index contributed by atoms with van der Waals surface area (Å²) < 4.78 is 7.05. The van der Waals surface area contributed by atoms with E-state index < -0.39 is 0 Å². The van der Waals surface area contributed by atoms with Crippen LogP contribution in [-0.4, -0.2) is 39.3 Å². The van der Waals surface area contributed by atoms with Gasteiger partial charge in [0.05, 0.1) is 28.5 Å². The van der Waals surface area contributed by atoms with Crippen LogP contribution in [0.25, 0.3) is 5.82 Å². The third kappa shape index (κ3) is 4.88. The fourth-order valence-electron chi connectivity index (χ4n) is 4.95. The van der Waals surface area contributed by atoms with Gasteiger partial charge in [0.1, 0.15) is 12.4 Å². The average Bonchev–Trinajstić information content (AvgIpc) is 3.41. The second-order valence-corrected chi connectivity index (χ2v) is 9.79. The molecule has 8 nitrogen and oxygen atoms in total. The summed E-state index contributed by atoms with van der Waals surface area (Å²) in [5, 5.41) is 7.21. The number of anilines is 2. The lowest BCUT2D eigenvalue weighted by Crippen LogP contribution is -2.29. The molecule has 1 aliphatic rings. The van der Waals surface area contributed by atoms with Gasteiger partial charge in [-0.3, -0.25) is 9.78 Å². The van der Waals surface area contributed by atoms with Crippen LogP contribution in [-0.2, 0) is 9.53 Å². The van der Waals surface area contributed by atoms with Crippen molar-refractivity contribution in [2.45, 2.75) is 25.9 Å². The third-order valence-electron chi connectivity index (χ3n) is 6.55. The topological polar surface area (TPSA) is 84.3 Å². The van der Waals surface area contributed by atoms with Crippen molar-refractivity contribution in [1.29, 1.82) is 0 Å². The number of ether oxygens (including phenoxy) is 1. The molecule has 1 aromatic carbocycles. The molecule has 2 N–H and O–H groups in total. The maximum Gasteiger partial charge on any atom is 0.250 e. The maximum absolute atomic E-state index is 12.0. The zero-order valence-electron chi connectivity index (χ0n) is 21.2. The number of halogens is 1. The molecule has 1 saturated heterocycles. The Morgan fingerprint density at radius 3 is 2.53 bits per heavy atom. The summed E-state index contributed by atoms with van der Waals surface area (Å²) in [6.45, 7) is 4.10. The van der Waals surface area contributed by atoms with Gasteiger partial charge in [0.2, 0.25) is 5.91 Å². The Morgan fingerprint density at radius 2 is 1.87 bits per heavy atom. The van der Waals surface area contributed by atoms with Crippen LogP contribution >= 0.6 is 23.8 Å². The predicted molar refractivity (Wildman–Crippen MR) is 153 cm³/mol. The van der Waals surface area contributed by atoms with E-state index in [0.29, 0.717) is 15.8 Å². The molecule has 194 valence electrons. The molecule has 1 aliphatic heterocycles.